The maximum Gasteiger partial charge on any atom is 0.0752 e. The smallest absolute Gasteiger partial charge is 0.0752 e. The van der Waals surface area contributed by atoms with Gasteiger partial charge < -0.3 is 10.2 Å². The van der Waals surface area contributed by atoms with Gasteiger partial charge in [0.1, 0.15) is 0 Å². The molecule has 0 saturated carbocycles. The van der Waals surface area contributed by atoms with E-state index in [1.54, 1.807) is 10.4 Å². The van der Waals surface area contributed by atoms with Crippen LogP contribution in [0.15, 0.2) is 23.8 Å². The summed E-state index contributed by atoms with van der Waals surface area (Å²) < 4.78 is 1.89. The molecule has 0 aromatic carbocycles. The summed E-state index contributed by atoms with van der Waals surface area (Å²) in [5.74, 6) is 0. The van der Waals surface area contributed by atoms with Gasteiger partial charge in [0.2, 0.25) is 0 Å². The van der Waals surface area contributed by atoms with E-state index >= 15 is 0 Å². The molecule has 0 amide bonds. The molecule has 0 unspecified atom stereocenters. The van der Waals surface area contributed by atoms with Gasteiger partial charge in [0.15, 0.2) is 0 Å². The molecule has 1 aliphatic heterocycles. The number of nitrogens with zero attached hydrogens (tertiary/aromatic N) is 3. The van der Waals surface area contributed by atoms with Crippen LogP contribution in [0.2, 0.25) is 0 Å². The Kier molecular flexibility index (Phi) is 3.92. The lowest BCUT2D eigenvalue weighted by Crippen LogP contribution is -2.47. The van der Waals surface area contributed by atoms with E-state index in [1.807, 2.05) is 29.3 Å². The number of aryl methyl sites for hydroxylation is 2. The molecule has 2 aromatic heterocycles. The summed E-state index contributed by atoms with van der Waals surface area (Å²) in [5, 5.41) is 10.5. The van der Waals surface area contributed by atoms with Crippen molar-refractivity contribution in [2.45, 2.75) is 44.2 Å². The average Bonchev–Trinajstić information content (AvgIpc) is 3.17. The normalized spacial score (nSPS) is 25.2. The molecule has 3 heterocycles. The van der Waals surface area contributed by atoms with Crippen molar-refractivity contribution in [1.82, 2.24) is 15.1 Å². The number of hydrogen-bond acceptors (Lipinski definition) is 4. The SMILES string of the molecule is Cn1cc(N2CCC[C@@H](N[C@@H]3CCCc4sccc43)C2)cn1. The fraction of sp³-hybridized carbons (Fsp3) is 0.588. The molecule has 0 spiro atoms. The summed E-state index contributed by atoms with van der Waals surface area (Å²) in [5.41, 5.74) is 2.82. The summed E-state index contributed by atoms with van der Waals surface area (Å²) in [6.45, 7) is 2.25. The highest BCUT2D eigenvalue weighted by Crippen LogP contribution is 2.34. The predicted octanol–water partition coefficient (Wildman–Crippen LogP) is 3.12. The van der Waals surface area contributed by atoms with Crippen molar-refractivity contribution in [2.24, 2.45) is 7.05 Å². The van der Waals surface area contributed by atoms with Crippen LogP contribution in [0.3, 0.4) is 0 Å². The first-order valence-corrected chi connectivity index (χ1v) is 9.23. The lowest BCUT2D eigenvalue weighted by atomic mass is 9.92. The van der Waals surface area contributed by atoms with Crippen molar-refractivity contribution in [3.05, 3.63) is 34.3 Å². The molecular formula is C17H24N4S. The van der Waals surface area contributed by atoms with E-state index in [0.29, 0.717) is 12.1 Å². The van der Waals surface area contributed by atoms with Crippen LogP contribution in [0, 0.1) is 0 Å². The maximum absolute atomic E-state index is 4.31. The van der Waals surface area contributed by atoms with Gasteiger partial charge in [-0.05, 0) is 49.1 Å². The second-order valence-electron chi connectivity index (χ2n) is 6.57. The maximum atomic E-state index is 4.31. The van der Waals surface area contributed by atoms with Crippen molar-refractivity contribution >= 4 is 17.0 Å². The van der Waals surface area contributed by atoms with Gasteiger partial charge in [-0.2, -0.15) is 5.10 Å². The van der Waals surface area contributed by atoms with Crippen molar-refractivity contribution in [3.63, 3.8) is 0 Å². The number of nitrogens with one attached hydrogen (secondary N) is 1. The Morgan fingerprint density at radius 2 is 2.27 bits per heavy atom. The Bertz CT molecular complexity index is 632. The zero-order chi connectivity index (χ0) is 14.9. The minimum atomic E-state index is 0.564. The number of fused-ring (bicyclic) bond motifs is 1. The Morgan fingerprint density at radius 1 is 1.32 bits per heavy atom. The van der Waals surface area contributed by atoms with Crippen LogP contribution in [-0.2, 0) is 13.5 Å². The van der Waals surface area contributed by atoms with Crippen molar-refractivity contribution in [2.75, 3.05) is 18.0 Å². The third kappa shape index (κ3) is 2.79. The molecule has 22 heavy (non-hydrogen) atoms. The van der Waals surface area contributed by atoms with Gasteiger partial charge in [-0.25, -0.2) is 0 Å². The van der Waals surface area contributed by atoms with E-state index in [1.165, 1.54) is 37.8 Å². The molecule has 2 atom stereocenters. The van der Waals surface area contributed by atoms with Crippen LogP contribution in [-0.4, -0.2) is 28.9 Å². The van der Waals surface area contributed by atoms with Crippen molar-refractivity contribution in [1.29, 1.82) is 0 Å². The summed E-state index contributed by atoms with van der Waals surface area (Å²) in [4.78, 5) is 4.08. The molecule has 1 saturated heterocycles. The average molecular weight is 316 g/mol. The molecule has 4 rings (SSSR count). The zero-order valence-electron chi connectivity index (χ0n) is 13.2. The van der Waals surface area contributed by atoms with E-state index in [4.69, 9.17) is 0 Å². The molecular weight excluding hydrogens is 292 g/mol. The van der Waals surface area contributed by atoms with Crippen LogP contribution < -0.4 is 10.2 Å². The monoisotopic (exact) mass is 316 g/mol. The Labute approximate surface area is 136 Å². The molecule has 1 fully saturated rings. The van der Waals surface area contributed by atoms with E-state index in [0.717, 1.165) is 13.1 Å². The Hall–Kier alpha value is -1.33. The molecule has 1 N–H and O–H groups in total. The van der Waals surface area contributed by atoms with Gasteiger partial charge in [-0.15, -0.1) is 11.3 Å². The fourth-order valence-corrected chi connectivity index (χ4v) is 4.85. The quantitative estimate of drug-likeness (QED) is 0.944. The van der Waals surface area contributed by atoms with E-state index in [9.17, 15) is 0 Å². The Morgan fingerprint density at radius 3 is 3.14 bits per heavy atom. The second kappa shape index (κ2) is 6.05. The van der Waals surface area contributed by atoms with Gasteiger partial charge >= 0.3 is 0 Å². The van der Waals surface area contributed by atoms with E-state index < -0.39 is 0 Å². The van der Waals surface area contributed by atoms with Gasteiger partial charge in [0, 0.05) is 43.3 Å². The molecule has 2 aliphatic rings. The lowest BCUT2D eigenvalue weighted by Gasteiger charge is -2.37. The first-order valence-electron chi connectivity index (χ1n) is 8.35. The molecule has 2 aromatic rings. The zero-order valence-corrected chi connectivity index (χ0v) is 14.0. The van der Waals surface area contributed by atoms with Crippen molar-refractivity contribution in [3.8, 4) is 0 Å². The summed E-state index contributed by atoms with van der Waals surface area (Å²) >= 11 is 1.93. The standard InChI is InChI=1S/C17H24N4S/c1-20-12-14(10-18-20)21-8-3-4-13(11-21)19-16-5-2-6-17-15(16)7-9-22-17/h7,9-10,12-13,16,19H,2-6,8,11H2,1H3/t13-,16-/m1/s1. The largest absolute Gasteiger partial charge is 0.367 e. The van der Waals surface area contributed by atoms with Crippen molar-refractivity contribution < 1.29 is 0 Å². The molecule has 0 radical (unpaired) electrons. The number of thiophene rings is 1. The first-order chi connectivity index (χ1) is 10.8. The fourth-order valence-electron chi connectivity index (χ4n) is 3.86. The highest BCUT2D eigenvalue weighted by molar-refractivity contribution is 7.10. The van der Waals surface area contributed by atoms with Crippen LogP contribution in [0.1, 0.15) is 42.2 Å². The number of piperidine rings is 1. The highest BCUT2D eigenvalue weighted by Gasteiger charge is 2.27. The molecule has 1 aliphatic carbocycles. The highest BCUT2D eigenvalue weighted by atomic mass is 32.1. The number of hydrogen-bond donors (Lipinski definition) is 1. The summed E-state index contributed by atoms with van der Waals surface area (Å²) in [7, 11) is 1.99. The minimum absolute atomic E-state index is 0.564. The molecule has 4 nitrogen and oxygen atoms in total. The van der Waals surface area contributed by atoms with E-state index in [-0.39, 0.29) is 0 Å². The minimum Gasteiger partial charge on any atom is -0.367 e. The van der Waals surface area contributed by atoms with Gasteiger partial charge in [-0.1, -0.05) is 0 Å². The summed E-state index contributed by atoms with van der Waals surface area (Å²) in [6.07, 6.45) is 10.5. The van der Waals surface area contributed by atoms with Crippen LogP contribution >= 0.6 is 11.3 Å². The van der Waals surface area contributed by atoms with Gasteiger partial charge in [0.25, 0.3) is 0 Å². The van der Waals surface area contributed by atoms with Gasteiger partial charge in [-0.3, -0.25) is 4.68 Å². The third-order valence-corrected chi connectivity index (χ3v) is 5.96. The second-order valence-corrected chi connectivity index (χ2v) is 7.57. The van der Waals surface area contributed by atoms with Crippen LogP contribution in [0.5, 0.6) is 0 Å². The third-order valence-electron chi connectivity index (χ3n) is 4.97. The molecule has 0 bridgehead atoms. The number of rotatable bonds is 3. The number of anilines is 1. The first kappa shape index (κ1) is 14.3. The van der Waals surface area contributed by atoms with E-state index in [2.05, 4.69) is 33.0 Å². The molecule has 5 heteroatoms. The summed E-state index contributed by atoms with van der Waals surface area (Å²) in [6, 6.07) is 3.48. The molecule has 118 valence electrons. The van der Waals surface area contributed by atoms with Crippen LogP contribution in [0.4, 0.5) is 5.69 Å². The number of aromatic nitrogens is 2. The predicted molar refractivity (Wildman–Crippen MR) is 91.6 cm³/mol. The lowest BCUT2D eigenvalue weighted by molar-refractivity contribution is 0.354. The topological polar surface area (TPSA) is 33.1 Å². The van der Waals surface area contributed by atoms with Crippen LogP contribution in [0.25, 0.3) is 0 Å². The Balaban J connectivity index is 1.43. The van der Waals surface area contributed by atoms with Gasteiger partial charge in [0.05, 0.1) is 11.9 Å².